The monoisotopic (exact) mass is 225 g/mol. The number of benzene rings is 1. The summed E-state index contributed by atoms with van der Waals surface area (Å²) in [4.78, 5) is 1.27. The number of aryl methyl sites for hydroxylation is 2. The summed E-state index contributed by atoms with van der Waals surface area (Å²) in [6.07, 6.45) is 5.20. The molecule has 0 spiro atoms. The molecule has 3 N–H and O–H groups in total. The van der Waals surface area contributed by atoms with Crippen molar-refractivity contribution < 1.29 is 5.11 Å². The van der Waals surface area contributed by atoms with Gasteiger partial charge >= 0.3 is 0 Å². The van der Waals surface area contributed by atoms with E-state index in [0.717, 1.165) is 31.4 Å². The SMILES string of the molecule is CSc1cc(C)c(O)cc1CCCCN. The van der Waals surface area contributed by atoms with Crippen molar-refractivity contribution in [2.45, 2.75) is 31.1 Å². The molecule has 0 radical (unpaired) electrons. The number of thioether (sulfide) groups is 1. The van der Waals surface area contributed by atoms with Gasteiger partial charge in [-0.05, 0) is 62.2 Å². The van der Waals surface area contributed by atoms with Crippen LogP contribution in [0.25, 0.3) is 0 Å². The van der Waals surface area contributed by atoms with Gasteiger partial charge in [-0.25, -0.2) is 0 Å². The molecule has 0 aliphatic carbocycles. The van der Waals surface area contributed by atoms with Crippen LogP contribution < -0.4 is 5.73 Å². The number of unbranched alkanes of at least 4 members (excludes halogenated alkanes) is 1. The maximum Gasteiger partial charge on any atom is 0.118 e. The van der Waals surface area contributed by atoms with Gasteiger partial charge in [0.25, 0.3) is 0 Å². The van der Waals surface area contributed by atoms with Crippen molar-refractivity contribution in [1.82, 2.24) is 0 Å². The minimum atomic E-state index is 0.399. The smallest absolute Gasteiger partial charge is 0.118 e. The molecule has 0 saturated carbocycles. The van der Waals surface area contributed by atoms with Gasteiger partial charge in [0.05, 0.1) is 0 Å². The predicted molar refractivity (Wildman–Crippen MR) is 66.6 cm³/mol. The first kappa shape index (κ1) is 12.4. The summed E-state index contributed by atoms with van der Waals surface area (Å²) >= 11 is 1.73. The van der Waals surface area contributed by atoms with Gasteiger partial charge in [0, 0.05) is 4.90 Å². The Morgan fingerprint density at radius 2 is 2.07 bits per heavy atom. The second kappa shape index (κ2) is 6.03. The Morgan fingerprint density at radius 3 is 2.67 bits per heavy atom. The molecule has 0 aliphatic heterocycles. The van der Waals surface area contributed by atoms with Gasteiger partial charge in [0.15, 0.2) is 0 Å². The highest BCUT2D eigenvalue weighted by Crippen LogP contribution is 2.28. The molecule has 84 valence electrons. The van der Waals surface area contributed by atoms with E-state index in [9.17, 15) is 5.11 Å². The third kappa shape index (κ3) is 3.43. The van der Waals surface area contributed by atoms with Crippen LogP contribution in [0, 0.1) is 6.92 Å². The summed E-state index contributed by atoms with van der Waals surface area (Å²) in [6, 6.07) is 3.94. The van der Waals surface area contributed by atoms with Crippen LogP contribution in [-0.4, -0.2) is 17.9 Å². The van der Waals surface area contributed by atoms with Crippen LogP contribution in [-0.2, 0) is 6.42 Å². The largest absolute Gasteiger partial charge is 0.508 e. The normalized spacial score (nSPS) is 10.6. The van der Waals surface area contributed by atoms with E-state index in [4.69, 9.17) is 5.73 Å². The summed E-state index contributed by atoms with van der Waals surface area (Å²) < 4.78 is 0. The van der Waals surface area contributed by atoms with Gasteiger partial charge in [-0.2, -0.15) is 0 Å². The fraction of sp³-hybridized carbons (Fsp3) is 0.500. The minimum absolute atomic E-state index is 0.399. The molecule has 0 atom stereocenters. The molecule has 0 unspecified atom stereocenters. The molecule has 0 saturated heterocycles. The van der Waals surface area contributed by atoms with Gasteiger partial charge in [-0.1, -0.05) is 0 Å². The molecule has 0 fully saturated rings. The molecule has 0 aromatic heterocycles. The van der Waals surface area contributed by atoms with Gasteiger partial charge < -0.3 is 10.8 Å². The summed E-state index contributed by atoms with van der Waals surface area (Å²) in [7, 11) is 0. The van der Waals surface area contributed by atoms with E-state index in [2.05, 4.69) is 12.3 Å². The van der Waals surface area contributed by atoms with E-state index in [-0.39, 0.29) is 0 Å². The van der Waals surface area contributed by atoms with E-state index in [1.54, 1.807) is 11.8 Å². The number of rotatable bonds is 5. The van der Waals surface area contributed by atoms with Crippen LogP contribution in [0.4, 0.5) is 0 Å². The van der Waals surface area contributed by atoms with Crippen LogP contribution in [0.2, 0.25) is 0 Å². The molecule has 1 aromatic rings. The van der Waals surface area contributed by atoms with Crippen LogP contribution in [0.1, 0.15) is 24.0 Å². The maximum absolute atomic E-state index is 9.64. The summed E-state index contributed by atoms with van der Waals surface area (Å²) in [6.45, 7) is 2.67. The zero-order valence-corrected chi connectivity index (χ0v) is 10.2. The molecule has 0 amide bonds. The molecular formula is C12H19NOS. The molecule has 0 bridgehead atoms. The molecule has 0 aliphatic rings. The predicted octanol–water partition coefficient (Wildman–Crippen LogP) is 2.70. The zero-order chi connectivity index (χ0) is 11.3. The average Bonchev–Trinajstić information content (AvgIpc) is 2.23. The van der Waals surface area contributed by atoms with E-state index >= 15 is 0 Å². The first-order chi connectivity index (χ1) is 7.19. The van der Waals surface area contributed by atoms with Crippen LogP contribution in [0.15, 0.2) is 17.0 Å². The Kier molecular flexibility index (Phi) is 4.99. The molecule has 0 heterocycles. The Hall–Kier alpha value is -0.670. The Morgan fingerprint density at radius 1 is 1.33 bits per heavy atom. The highest BCUT2D eigenvalue weighted by Gasteiger charge is 2.05. The summed E-state index contributed by atoms with van der Waals surface area (Å²) in [5, 5.41) is 9.64. The van der Waals surface area contributed by atoms with E-state index in [1.165, 1.54) is 10.5 Å². The van der Waals surface area contributed by atoms with Gasteiger partial charge in [0.2, 0.25) is 0 Å². The lowest BCUT2D eigenvalue weighted by atomic mass is 10.1. The third-order valence-corrected chi connectivity index (χ3v) is 3.32. The highest BCUT2D eigenvalue weighted by atomic mass is 32.2. The minimum Gasteiger partial charge on any atom is -0.508 e. The average molecular weight is 225 g/mol. The number of phenolic OH excluding ortho intramolecular Hbond substituents is 1. The van der Waals surface area contributed by atoms with Crippen molar-refractivity contribution in [1.29, 1.82) is 0 Å². The fourth-order valence-electron chi connectivity index (χ4n) is 1.56. The van der Waals surface area contributed by atoms with Crippen LogP contribution in [0.5, 0.6) is 5.75 Å². The fourth-order valence-corrected chi connectivity index (χ4v) is 2.28. The number of nitrogens with two attached hydrogens (primary N) is 1. The highest BCUT2D eigenvalue weighted by molar-refractivity contribution is 7.98. The van der Waals surface area contributed by atoms with Gasteiger partial charge in [-0.15, -0.1) is 11.8 Å². The first-order valence-electron chi connectivity index (χ1n) is 5.25. The molecule has 3 heteroatoms. The molecule has 15 heavy (non-hydrogen) atoms. The van der Waals surface area contributed by atoms with Crippen molar-refractivity contribution in [2.75, 3.05) is 12.8 Å². The van der Waals surface area contributed by atoms with Crippen molar-refractivity contribution in [2.24, 2.45) is 5.73 Å². The van der Waals surface area contributed by atoms with Gasteiger partial charge in [0.1, 0.15) is 5.75 Å². The number of hydrogen-bond donors (Lipinski definition) is 2. The summed E-state index contributed by atoms with van der Waals surface area (Å²) in [5.41, 5.74) is 7.64. The quantitative estimate of drug-likeness (QED) is 0.598. The first-order valence-corrected chi connectivity index (χ1v) is 6.48. The number of phenols is 1. The second-order valence-corrected chi connectivity index (χ2v) is 4.54. The lowest BCUT2D eigenvalue weighted by molar-refractivity contribution is 0.469. The Balaban J connectivity index is 2.80. The maximum atomic E-state index is 9.64. The molecule has 1 rings (SSSR count). The van der Waals surface area contributed by atoms with Gasteiger partial charge in [-0.3, -0.25) is 0 Å². The van der Waals surface area contributed by atoms with Crippen molar-refractivity contribution in [3.63, 3.8) is 0 Å². The van der Waals surface area contributed by atoms with E-state index < -0.39 is 0 Å². The Labute approximate surface area is 95.9 Å². The van der Waals surface area contributed by atoms with E-state index in [1.807, 2.05) is 13.0 Å². The molecular weight excluding hydrogens is 206 g/mol. The lowest BCUT2D eigenvalue weighted by Crippen LogP contribution is -1.99. The molecule has 1 aromatic carbocycles. The Bertz CT molecular complexity index is 326. The van der Waals surface area contributed by atoms with Crippen molar-refractivity contribution in [3.8, 4) is 5.75 Å². The van der Waals surface area contributed by atoms with Crippen molar-refractivity contribution >= 4 is 11.8 Å². The van der Waals surface area contributed by atoms with E-state index in [0.29, 0.717) is 5.75 Å². The van der Waals surface area contributed by atoms with Crippen LogP contribution >= 0.6 is 11.8 Å². The standard InChI is InChI=1S/C12H19NOS/c1-9-7-12(15-2)10(8-11(9)14)5-3-4-6-13/h7-8,14H,3-6,13H2,1-2H3. The number of hydrogen-bond acceptors (Lipinski definition) is 3. The topological polar surface area (TPSA) is 46.2 Å². The van der Waals surface area contributed by atoms with Crippen molar-refractivity contribution in [3.05, 3.63) is 23.3 Å². The lowest BCUT2D eigenvalue weighted by Gasteiger charge is -2.09. The molecule has 2 nitrogen and oxygen atoms in total. The second-order valence-electron chi connectivity index (χ2n) is 3.70. The number of aromatic hydroxyl groups is 1. The van der Waals surface area contributed by atoms with Crippen LogP contribution in [0.3, 0.4) is 0 Å². The zero-order valence-electron chi connectivity index (χ0n) is 9.42. The summed E-state index contributed by atoms with van der Waals surface area (Å²) in [5.74, 6) is 0.399. The third-order valence-electron chi connectivity index (χ3n) is 2.50.